The molecule has 124 valence electrons. The normalized spacial score (nSPS) is 12.2. The number of carbonyl (C=O) groups excluding carboxylic acids is 1. The molecule has 8 heteroatoms. The lowest BCUT2D eigenvalue weighted by Crippen LogP contribution is -2.24. The fraction of sp³-hybridized carbons (Fsp3) is 0.400. The van der Waals surface area contributed by atoms with Gasteiger partial charge < -0.3 is 5.32 Å². The van der Waals surface area contributed by atoms with E-state index in [1.807, 2.05) is 6.92 Å². The zero-order valence-corrected chi connectivity index (χ0v) is 14.0. The number of carbonyl (C=O) groups is 1. The average Bonchev–Trinajstić information content (AvgIpc) is 2.84. The predicted molar refractivity (Wildman–Crippen MR) is 88.2 cm³/mol. The Hall–Kier alpha value is -2.09. The van der Waals surface area contributed by atoms with Crippen molar-refractivity contribution in [2.45, 2.75) is 44.1 Å². The molecule has 2 N–H and O–H groups in total. The first-order valence-corrected chi connectivity index (χ1v) is 8.19. The van der Waals surface area contributed by atoms with Crippen LogP contribution < -0.4 is 11.0 Å². The number of hydrogen-bond donors (Lipinski definition) is 2. The van der Waals surface area contributed by atoms with E-state index in [1.54, 1.807) is 26.0 Å². The maximum absolute atomic E-state index is 13.5. The topological polar surface area (TPSA) is 79.8 Å². The van der Waals surface area contributed by atoms with Crippen molar-refractivity contribution in [3.63, 3.8) is 0 Å². The molecular formula is C15H19FN4O2S. The third-order valence-corrected chi connectivity index (χ3v) is 4.35. The van der Waals surface area contributed by atoms with Gasteiger partial charge in [0.05, 0.1) is 5.25 Å². The number of aromatic nitrogens is 3. The minimum Gasteiger partial charge on any atom is -0.325 e. The number of nitrogens with zero attached hydrogens (tertiary/aromatic N) is 2. The first kappa shape index (κ1) is 17.3. The molecule has 2 aromatic rings. The minimum atomic E-state index is -0.481. The molecule has 1 amide bonds. The monoisotopic (exact) mass is 338 g/mol. The molecule has 0 spiro atoms. The Morgan fingerprint density at radius 1 is 1.52 bits per heavy atom. The van der Waals surface area contributed by atoms with Crippen LogP contribution in [0, 0.1) is 12.7 Å². The van der Waals surface area contributed by atoms with Crippen LogP contribution in [0.25, 0.3) is 0 Å². The van der Waals surface area contributed by atoms with Crippen LogP contribution in [-0.2, 0) is 11.3 Å². The van der Waals surface area contributed by atoms with Crippen LogP contribution in [0.15, 0.2) is 28.2 Å². The van der Waals surface area contributed by atoms with Crippen LogP contribution in [0.5, 0.6) is 0 Å². The zero-order valence-electron chi connectivity index (χ0n) is 13.2. The van der Waals surface area contributed by atoms with E-state index in [0.29, 0.717) is 23.0 Å². The van der Waals surface area contributed by atoms with Gasteiger partial charge in [-0.1, -0.05) is 24.8 Å². The van der Waals surface area contributed by atoms with Gasteiger partial charge in [-0.3, -0.25) is 9.36 Å². The van der Waals surface area contributed by atoms with Crippen molar-refractivity contribution in [2.75, 3.05) is 5.32 Å². The SMILES string of the molecule is CCCn1c(S[C@H](C)C(=O)Nc2ccc(C)c(F)c2)n[nH]c1=O. The van der Waals surface area contributed by atoms with Crippen LogP contribution in [0.1, 0.15) is 25.8 Å². The van der Waals surface area contributed by atoms with Gasteiger partial charge in [0.15, 0.2) is 5.16 Å². The number of aromatic amines is 1. The quantitative estimate of drug-likeness (QED) is 0.793. The second-order valence-electron chi connectivity index (χ2n) is 5.18. The summed E-state index contributed by atoms with van der Waals surface area (Å²) in [6.07, 6.45) is 0.788. The highest BCUT2D eigenvalue weighted by molar-refractivity contribution is 8.00. The van der Waals surface area contributed by atoms with E-state index in [9.17, 15) is 14.0 Å². The van der Waals surface area contributed by atoms with Crippen LogP contribution in [0.3, 0.4) is 0 Å². The first-order chi connectivity index (χ1) is 10.9. The summed E-state index contributed by atoms with van der Waals surface area (Å²) in [5.41, 5.74) is 0.631. The van der Waals surface area contributed by atoms with Gasteiger partial charge in [0.1, 0.15) is 5.82 Å². The van der Waals surface area contributed by atoms with Crippen LogP contribution >= 0.6 is 11.8 Å². The molecule has 1 atom stereocenters. The molecule has 0 bridgehead atoms. The maximum Gasteiger partial charge on any atom is 0.343 e. The molecule has 1 heterocycles. The lowest BCUT2D eigenvalue weighted by atomic mass is 10.2. The molecule has 2 rings (SSSR count). The van der Waals surface area contributed by atoms with E-state index in [4.69, 9.17) is 0 Å². The second kappa shape index (κ2) is 7.45. The number of nitrogens with one attached hydrogen (secondary N) is 2. The van der Waals surface area contributed by atoms with E-state index in [-0.39, 0.29) is 17.4 Å². The average molecular weight is 338 g/mol. The third kappa shape index (κ3) is 4.22. The highest BCUT2D eigenvalue weighted by Crippen LogP contribution is 2.22. The van der Waals surface area contributed by atoms with Crippen molar-refractivity contribution < 1.29 is 9.18 Å². The Kier molecular flexibility index (Phi) is 5.59. The zero-order chi connectivity index (χ0) is 17.0. The second-order valence-corrected chi connectivity index (χ2v) is 6.48. The predicted octanol–water partition coefficient (Wildman–Crippen LogP) is 2.55. The number of thioether (sulfide) groups is 1. The highest BCUT2D eigenvalue weighted by atomic mass is 32.2. The molecule has 0 unspecified atom stereocenters. The van der Waals surface area contributed by atoms with Crippen LogP contribution in [0.2, 0.25) is 0 Å². The van der Waals surface area contributed by atoms with Crippen molar-refractivity contribution in [1.29, 1.82) is 0 Å². The summed E-state index contributed by atoms with van der Waals surface area (Å²) in [5.74, 6) is -0.649. The van der Waals surface area contributed by atoms with E-state index >= 15 is 0 Å². The summed E-state index contributed by atoms with van der Waals surface area (Å²) in [6, 6.07) is 4.54. The molecule has 0 saturated heterocycles. The summed E-state index contributed by atoms with van der Waals surface area (Å²) in [5, 5.41) is 8.97. The molecule has 6 nitrogen and oxygen atoms in total. The number of aryl methyl sites for hydroxylation is 1. The van der Waals surface area contributed by atoms with Crippen molar-refractivity contribution in [3.8, 4) is 0 Å². The fourth-order valence-electron chi connectivity index (χ4n) is 1.94. The van der Waals surface area contributed by atoms with E-state index in [0.717, 1.165) is 6.42 Å². The summed E-state index contributed by atoms with van der Waals surface area (Å²) >= 11 is 1.18. The molecule has 0 fully saturated rings. The van der Waals surface area contributed by atoms with E-state index in [2.05, 4.69) is 15.5 Å². The lowest BCUT2D eigenvalue weighted by molar-refractivity contribution is -0.115. The maximum atomic E-state index is 13.5. The molecule has 0 aliphatic carbocycles. The summed E-state index contributed by atoms with van der Waals surface area (Å²) in [6.45, 7) is 5.86. The molecule has 23 heavy (non-hydrogen) atoms. The molecule has 1 aromatic heterocycles. The van der Waals surface area contributed by atoms with Gasteiger partial charge >= 0.3 is 5.69 Å². The highest BCUT2D eigenvalue weighted by Gasteiger charge is 2.19. The molecule has 0 aliphatic rings. The van der Waals surface area contributed by atoms with Crippen LogP contribution in [0.4, 0.5) is 10.1 Å². The van der Waals surface area contributed by atoms with E-state index in [1.165, 1.54) is 22.4 Å². The van der Waals surface area contributed by atoms with Gasteiger partial charge in [0.25, 0.3) is 0 Å². The summed E-state index contributed by atoms with van der Waals surface area (Å²) < 4.78 is 15.0. The Morgan fingerprint density at radius 2 is 2.26 bits per heavy atom. The first-order valence-electron chi connectivity index (χ1n) is 7.31. The number of anilines is 1. The van der Waals surface area contributed by atoms with Gasteiger partial charge in [-0.05, 0) is 38.0 Å². The minimum absolute atomic E-state index is 0.281. The Bertz CT molecular complexity index is 756. The number of amides is 1. The number of hydrogen-bond acceptors (Lipinski definition) is 4. The van der Waals surface area contributed by atoms with Gasteiger partial charge in [-0.15, -0.1) is 5.10 Å². The molecule has 0 aliphatic heterocycles. The number of benzene rings is 1. The Labute approximate surface area is 137 Å². The van der Waals surface area contributed by atoms with Gasteiger partial charge in [-0.2, -0.15) is 0 Å². The molecule has 0 saturated carbocycles. The summed E-state index contributed by atoms with van der Waals surface area (Å²) in [4.78, 5) is 23.8. The lowest BCUT2D eigenvalue weighted by Gasteiger charge is -2.12. The van der Waals surface area contributed by atoms with Crippen molar-refractivity contribution in [3.05, 3.63) is 40.1 Å². The number of rotatable bonds is 6. The fourth-order valence-corrected chi connectivity index (χ4v) is 2.82. The van der Waals surface area contributed by atoms with Crippen molar-refractivity contribution in [2.24, 2.45) is 0 Å². The van der Waals surface area contributed by atoms with Gasteiger partial charge in [0, 0.05) is 12.2 Å². The van der Waals surface area contributed by atoms with Gasteiger partial charge in [-0.25, -0.2) is 14.3 Å². The molecule has 0 radical (unpaired) electrons. The largest absolute Gasteiger partial charge is 0.343 e. The Morgan fingerprint density at radius 3 is 2.91 bits per heavy atom. The molecule has 1 aromatic carbocycles. The third-order valence-electron chi connectivity index (χ3n) is 3.26. The number of halogens is 1. The van der Waals surface area contributed by atoms with Crippen molar-refractivity contribution in [1.82, 2.24) is 14.8 Å². The van der Waals surface area contributed by atoms with Gasteiger partial charge in [0.2, 0.25) is 5.91 Å². The van der Waals surface area contributed by atoms with Crippen molar-refractivity contribution >= 4 is 23.4 Å². The van der Waals surface area contributed by atoms with Crippen LogP contribution in [-0.4, -0.2) is 25.9 Å². The smallest absolute Gasteiger partial charge is 0.325 e. The van der Waals surface area contributed by atoms with E-state index < -0.39 is 5.25 Å². The number of H-pyrrole nitrogens is 1. The Balaban J connectivity index is 2.05. The summed E-state index contributed by atoms with van der Waals surface area (Å²) in [7, 11) is 0. The standard InChI is InChI=1S/C15H19FN4O2S/c1-4-7-20-14(22)18-19-15(20)23-10(3)13(21)17-11-6-5-9(2)12(16)8-11/h5-6,8,10H,4,7H2,1-3H3,(H,17,21)(H,18,22)/t10-/m1/s1. The molecular weight excluding hydrogens is 319 g/mol.